The zero-order valence-electron chi connectivity index (χ0n) is 2.67. The van der Waals surface area contributed by atoms with E-state index in [1.807, 2.05) is 0 Å². The Morgan fingerprint density at radius 1 is 1.80 bits per heavy atom. The molecule has 0 N–H and O–H groups in total. The van der Waals surface area contributed by atoms with Crippen LogP contribution in [-0.4, -0.2) is 7.11 Å². The molecule has 0 unspecified atom stereocenters. The summed E-state index contributed by atoms with van der Waals surface area (Å²) in [5.74, 6) is 0. The Labute approximate surface area is 31.1 Å². The van der Waals surface area contributed by atoms with Gasteiger partial charge in [0.15, 0.2) is 0 Å². The van der Waals surface area contributed by atoms with Crippen LogP contribution < -0.4 is 0 Å². The highest BCUT2D eigenvalue weighted by atomic mass is 31.1. The van der Waals surface area contributed by atoms with Crippen LogP contribution in [0.2, 0.25) is 0 Å². The average molecular weight is 94.0 g/mol. The maximum Gasteiger partial charge on any atom is 0.358 e. The largest absolute Gasteiger partial charge is 0.358 e. The zero-order valence-corrected chi connectivity index (χ0v) is 3.57. The first-order valence-electron chi connectivity index (χ1n) is 0.940. The van der Waals surface area contributed by atoms with E-state index in [-0.39, 0.29) is 0 Å². The molecule has 0 fully saturated rings. The molecule has 0 aliphatic carbocycles. The van der Waals surface area contributed by atoms with Gasteiger partial charge < -0.3 is 0 Å². The van der Waals surface area contributed by atoms with E-state index >= 15 is 0 Å². The zero-order chi connectivity index (χ0) is 4.12. The van der Waals surface area contributed by atoms with Gasteiger partial charge in [0.2, 0.25) is 0 Å². The minimum atomic E-state index is -0.443. The number of hydrogen-bond acceptors (Lipinski definition) is 3. The van der Waals surface area contributed by atoms with Crippen molar-refractivity contribution in [1.29, 1.82) is 0 Å². The number of rotatable bonds is 2. The molecule has 0 radical (unpaired) electrons. The van der Waals surface area contributed by atoms with Crippen molar-refractivity contribution < 1.29 is 14.1 Å². The monoisotopic (exact) mass is 94.0 g/mol. The molecule has 0 saturated heterocycles. The van der Waals surface area contributed by atoms with Crippen LogP contribution in [0.25, 0.3) is 0 Å². The molecular weight excluding hydrogens is 91.0 g/mol. The first kappa shape index (κ1) is 5.02. The molecule has 0 bridgehead atoms. The van der Waals surface area contributed by atoms with Crippen LogP contribution >= 0.6 is 8.69 Å². The molecule has 5 heavy (non-hydrogen) atoms. The molecule has 3 nitrogen and oxygen atoms in total. The van der Waals surface area contributed by atoms with E-state index in [0.29, 0.717) is 0 Å². The Kier molecular flexibility index (Phi) is 4.04. The lowest BCUT2D eigenvalue weighted by Crippen LogP contribution is -1.65. The van der Waals surface area contributed by atoms with Crippen LogP contribution in [0, 0.1) is 0 Å². The van der Waals surface area contributed by atoms with Gasteiger partial charge in [-0.3, -0.25) is 0 Å². The average Bonchev–Trinajstić information content (AvgIpc) is 1.41. The summed E-state index contributed by atoms with van der Waals surface area (Å²) in [6.45, 7) is 0. The van der Waals surface area contributed by atoms with Gasteiger partial charge in [0.1, 0.15) is 0 Å². The van der Waals surface area contributed by atoms with Gasteiger partial charge in [-0.2, -0.15) is 0 Å². The maximum atomic E-state index is 9.15. The van der Waals surface area contributed by atoms with Gasteiger partial charge in [-0.15, -0.1) is 4.67 Å². The Bertz CT molecular complexity index is 28.1. The summed E-state index contributed by atoms with van der Waals surface area (Å²) in [6.07, 6.45) is 0. The first-order valence-corrected chi connectivity index (χ1v) is 1.67. The third kappa shape index (κ3) is 4.02. The quantitative estimate of drug-likeness (QED) is 0.288. The van der Waals surface area contributed by atoms with E-state index in [2.05, 4.69) is 9.56 Å². The lowest BCUT2D eigenvalue weighted by molar-refractivity contribution is -0.167. The fourth-order valence-corrected chi connectivity index (χ4v) is 0.0913. The van der Waals surface area contributed by atoms with Gasteiger partial charge in [0, 0.05) is 0 Å². The summed E-state index contributed by atoms with van der Waals surface area (Å²) in [6, 6.07) is 0. The molecule has 0 atom stereocenters. The van der Waals surface area contributed by atoms with Crippen molar-refractivity contribution in [3.8, 4) is 0 Å². The summed E-state index contributed by atoms with van der Waals surface area (Å²) in [5.41, 5.74) is 0. The van der Waals surface area contributed by atoms with Gasteiger partial charge in [-0.05, 0) is 0 Å². The molecule has 0 aliphatic rings. The molecule has 0 aromatic rings. The molecule has 0 aromatic carbocycles. The highest BCUT2D eigenvalue weighted by Gasteiger charge is 1.65. The fourth-order valence-electron chi connectivity index (χ4n) is 0.0304. The van der Waals surface area contributed by atoms with Crippen molar-refractivity contribution in [3.05, 3.63) is 0 Å². The molecule has 4 heteroatoms. The van der Waals surface area contributed by atoms with E-state index < -0.39 is 8.69 Å². The molecule has 0 aromatic heterocycles. The molecule has 0 spiro atoms. The van der Waals surface area contributed by atoms with Crippen LogP contribution in [0.1, 0.15) is 0 Å². The van der Waals surface area contributed by atoms with E-state index in [1.54, 1.807) is 0 Å². The highest BCUT2D eigenvalue weighted by Crippen LogP contribution is 1.89. The van der Waals surface area contributed by atoms with E-state index in [0.717, 1.165) is 0 Å². The van der Waals surface area contributed by atoms with Crippen molar-refractivity contribution in [1.82, 2.24) is 0 Å². The summed E-state index contributed by atoms with van der Waals surface area (Å²) in [5, 5.41) is 0. The highest BCUT2D eigenvalue weighted by molar-refractivity contribution is 7.17. The van der Waals surface area contributed by atoms with Crippen molar-refractivity contribution in [2.75, 3.05) is 7.11 Å². The lowest BCUT2D eigenvalue weighted by Gasteiger charge is -1.74. The van der Waals surface area contributed by atoms with Gasteiger partial charge in [0.05, 0.1) is 7.11 Å². The molecule has 0 saturated carbocycles. The Morgan fingerprint density at radius 2 is 2.40 bits per heavy atom. The van der Waals surface area contributed by atoms with Gasteiger partial charge >= 0.3 is 8.69 Å². The maximum absolute atomic E-state index is 9.15. The van der Waals surface area contributed by atoms with E-state index in [1.165, 1.54) is 7.11 Å². The Morgan fingerprint density at radius 3 is 2.40 bits per heavy atom. The van der Waals surface area contributed by atoms with E-state index in [4.69, 9.17) is 4.57 Å². The predicted molar refractivity (Wildman–Crippen MR) is 15.7 cm³/mol. The van der Waals surface area contributed by atoms with Gasteiger partial charge in [0.25, 0.3) is 0 Å². The van der Waals surface area contributed by atoms with Crippen molar-refractivity contribution in [2.24, 2.45) is 0 Å². The summed E-state index contributed by atoms with van der Waals surface area (Å²) in [7, 11) is 0.840. The predicted octanol–water partition coefficient (Wildman–Crippen LogP) is 0.771. The van der Waals surface area contributed by atoms with Crippen LogP contribution in [-0.2, 0) is 14.1 Å². The smallest absolute Gasteiger partial charge is 0.238 e. The minimum Gasteiger partial charge on any atom is -0.238 e. The van der Waals surface area contributed by atoms with Crippen molar-refractivity contribution >= 4 is 8.69 Å². The second-order valence-electron chi connectivity index (χ2n) is 0.316. The fraction of sp³-hybridized carbons (Fsp3) is 1.00. The van der Waals surface area contributed by atoms with Crippen LogP contribution in [0.5, 0.6) is 0 Å². The molecule has 30 valence electrons. The topological polar surface area (TPSA) is 35.5 Å². The molecule has 0 rings (SSSR count). The van der Waals surface area contributed by atoms with Crippen LogP contribution in [0.3, 0.4) is 0 Å². The van der Waals surface area contributed by atoms with Crippen LogP contribution in [0.4, 0.5) is 0 Å². The molecule has 0 aliphatic heterocycles. The lowest BCUT2D eigenvalue weighted by atomic mass is 11.8. The van der Waals surface area contributed by atoms with Gasteiger partial charge in [-0.25, -0.2) is 9.45 Å². The number of hydrogen-bond donors (Lipinski definition) is 0. The normalized spacial score (nSPS) is 9.00. The second-order valence-corrected chi connectivity index (χ2v) is 0.614. The third-order valence-electron chi connectivity index (χ3n) is 0.105. The molecule has 0 amide bonds. The van der Waals surface area contributed by atoms with Crippen LogP contribution in [0.15, 0.2) is 0 Å². The summed E-state index contributed by atoms with van der Waals surface area (Å²) in [4.78, 5) is 3.87. The molecule has 0 heterocycles. The van der Waals surface area contributed by atoms with Crippen molar-refractivity contribution in [3.63, 3.8) is 0 Å². The standard InChI is InChI=1S/CH3O3P/c1-3-4-5-2/h1H3. The third-order valence-corrected chi connectivity index (χ3v) is 0.315. The van der Waals surface area contributed by atoms with Gasteiger partial charge in [-0.1, -0.05) is 0 Å². The Hall–Kier alpha value is 0.0200. The summed E-state index contributed by atoms with van der Waals surface area (Å²) < 4.78 is 12.9. The Balaban J connectivity index is 2.40. The van der Waals surface area contributed by atoms with E-state index in [9.17, 15) is 0 Å². The summed E-state index contributed by atoms with van der Waals surface area (Å²) >= 11 is 0. The second kappa shape index (κ2) is 4.02. The minimum absolute atomic E-state index is 0.443. The first-order chi connectivity index (χ1) is 2.41. The molecular formula is CH3O3P. The van der Waals surface area contributed by atoms with Crippen molar-refractivity contribution in [2.45, 2.75) is 0 Å². The SMILES string of the molecule is COOP=O.